The lowest BCUT2D eigenvalue weighted by molar-refractivity contribution is 0.0398. The molecule has 2 unspecified atom stereocenters. The van der Waals surface area contributed by atoms with E-state index in [9.17, 15) is 13.5 Å². The molecule has 3 N–H and O–H groups in total. The molecule has 0 radical (unpaired) electrons. The maximum atomic E-state index is 10.5. The molecule has 0 fully saturated rings. The van der Waals surface area contributed by atoms with Crippen LogP contribution in [-0.2, 0) is 14.6 Å². The Hall–Kier alpha value is -0.210. The predicted molar refractivity (Wildman–Crippen MR) is 150 cm³/mol. The van der Waals surface area contributed by atoms with Crippen molar-refractivity contribution in [2.45, 2.75) is 149 Å². The monoisotopic (exact) mass is 523 g/mol. The van der Waals surface area contributed by atoms with E-state index in [1.165, 1.54) is 116 Å². The standard InChI is InChI=1S/C27H57NO.CH4O4S/c1-6-10-12-14-16-18-20-22-25(8-3)27(24-29,28-5)26(9-4)23-21-19-17-15-13-11-7-2;1-5-6(2,3)4/h25-26,28-29H,6-24H2,1-5H3;1H3,(H,2,3,4). The summed E-state index contributed by atoms with van der Waals surface area (Å²) in [5.41, 5.74) is -0.0894. The summed E-state index contributed by atoms with van der Waals surface area (Å²) in [4.78, 5) is 0. The van der Waals surface area contributed by atoms with Crippen LogP contribution in [0.4, 0.5) is 0 Å². The van der Waals surface area contributed by atoms with Crippen molar-refractivity contribution in [2.75, 3.05) is 20.8 Å². The Morgan fingerprint density at radius 1 is 0.714 bits per heavy atom. The van der Waals surface area contributed by atoms with Crippen molar-refractivity contribution >= 4 is 10.4 Å². The molecular formula is C28H61NO5S. The number of likely N-dealkylation sites (N-methyl/N-ethyl adjacent to an activating group) is 1. The van der Waals surface area contributed by atoms with Crippen LogP contribution in [-0.4, -0.2) is 44.4 Å². The normalized spacial score (nSPS) is 15.2. The van der Waals surface area contributed by atoms with Crippen molar-refractivity contribution in [3.63, 3.8) is 0 Å². The highest BCUT2D eigenvalue weighted by molar-refractivity contribution is 7.80. The zero-order valence-electron chi connectivity index (χ0n) is 24.1. The average molecular weight is 524 g/mol. The number of unbranched alkanes of at least 4 members (excludes halogenated alkanes) is 12. The van der Waals surface area contributed by atoms with E-state index in [1.54, 1.807) is 0 Å². The molecule has 0 saturated heterocycles. The maximum absolute atomic E-state index is 10.5. The van der Waals surface area contributed by atoms with E-state index in [1.807, 2.05) is 0 Å². The lowest BCUT2D eigenvalue weighted by Crippen LogP contribution is -2.58. The average Bonchev–Trinajstić information content (AvgIpc) is 2.85. The van der Waals surface area contributed by atoms with Crippen molar-refractivity contribution in [3.8, 4) is 0 Å². The van der Waals surface area contributed by atoms with Crippen LogP contribution in [0.25, 0.3) is 0 Å². The second-order valence-corrected chi connectivity index (χ2v) is 11.3. The van der Waals surface area contributed by atoms with Crippen LogP contribution in [0.15, 0.2) is 0 Å². The molecule has 2 atom stereocenters. The van der Waals surface area contributed by atoms with Crippen molar-refractivity contribution in [1.82, 2.24) is 5.32 Å². The van der Waals surface area contributed by atoms with E-state index < -0.39 is 10.4 Å². The first kappa shape index (κ1) is 36.9. The molecule has 7 heteroatoms. The highest BCUT2D eigenvalue weighted by atomic mass is 32.3. The Morgan fingerprint density at radius 2 is 1.03 bits per heavy atom. The molecule has 0 aliphatic rings. The third-order valence-corrected chi connectivity index (χ3v) is 8.11. The third-order valence-electron chi connectivity index (χ3n) is 7.69. The van der Waals surface area contributed by atoms with Crippen LogP contribution in [0.5, 0.6) is 0 Å². The Bertz CT molecular complexity index is 509. The summed E-state index contributed by atoms with van der Waals surface area (Å²) < 4.78 is 29.7. The van der Waals surface area contributed by atoms with Gasteiger partial charge >= 0.3 is 10.4 Å². The summed E-state index contributed by atoms with van der Waals surface area (Å²) in [5, 5.41) is 14.2. The van der Waals surface area contributed by atoms with Gasteiger partial charge in [0.05, 0.1) is 13.7 Å². The fraction of sp³-hybridized carbons (Fsp3) is 1.00. The minimum Gasteiger partial charge on any atom is -0.394 e. The van der Waals surface area contributed by atoms with Gasteiger partial charge in [-0.15, -0.1) is 0 Å². The predicted octanol–water partition coefficient (Wildman–Crippen LogP) is 7.71. The summed E-state index contributed by atoms with van der Waals surface area (Å²) in [6, 6.07) is 0. The van der Waals surface area contributed by atoms with Crippen LogP contribution < -0.4 is 5.32 Å². The molecular weight excluding hydrogens is 462 g/mol. The Labute approximate surface area is 219 Å². The minimum atomic E-state index is -4.16. The number of aliphatic hydroxyl groups excluding tert-OH is 1. The summed E-state index contributed by atoms with van der Waals surface area (Å²) >= 11 is 0. The topological polar surface area (TPSA) is 95.9 Å². The van der Waals surface area contributed by atoms with Gasteiger partial charge in [0.1, 0.15) is 0 Å². The van der Waals surface area contributed by atoms with E-state index in [2.05, 4.69) is 44.2 Å². The maximum Gasteiger partial charge on any atom is 0.397 e. The van der Waals surface area contributed by atoms with Crippen molar-refractivity contribution in [3.05, 3.63) is 0 Å². The Kier molecular flexibility index (Phi) is 25.5. The molecule has 0 aromatic carbocycles. The fourth-order valence-electron chi connectivity index (χ4n) is 5.43. The van der Waals surface area contributed by atoms with E-state index in [0.717, 1.165) is 7.11 Å². The Morgan fingerprint density at radius 3 is 1.26 bits per heavy atom. The van der Waals surface area contributed by atoms with Gasteiger partial charge in [0.2, 0.25) is 0 Å². The lowest BCUT2D eigenvalue weighted by Gasteiger charge is -2.45. The highest BCUT2D eigenvalue weighted by Gasteiger charge is 2.41. The first-order valence-corrected chi connectivity index (χ1v) is 15.9. The number of nitrogens with one attached hydrogen (secondary N) is 1. The molecule has 0 saturated carbocycles. The van der Waals surface area contributed by atoms with Gasteiger partial charge in [0, 0.05) is 5.54 Å². The second kappa shape index (κ2) is 24.1. The van der Waals surface area contributed by atoms with Gasteiger partial charge in [-0.2, -0.15) is 8.42 Å². The molecule has 0 bridgehead atoms. The van der Waals surface area contributed by atoms with Crippen molar-refractivity contribution in [1.29, 1.82) is 0 Å². The molecule has 0 spiro atoms. The zero-order chi connectivity index (χ0) is 27.0. The summed E-state index contributed by atoms with van der Waals surface area (Å²) in [7, 11) is -1.20. The van der Waals surface area contributed by atoms with Gasteiger partial charge in [-0.1, -0.05) is 130 Å². The number of hydrogen-bond donors (Lipinski definition) is 3. The lowest BCUT2D eigenvalue weighted by atomic mass is 9.68. The molecule has 35 heavy (non-hydrogen) atoms. The van der Waals surface area contributed by atoms with Crippen LogP contribution >= 0.6 is 0 Å². The first-order valence-electron chi connectivity index (χ1n) is 14.5. The van der Waals surface area contributed by atoms with Crippen LogP contribution in [0.1, 0.15) is 143 Å². The second-order valence-electron chi connectivity index (χ2n) is 10.1. The minimum absolute atomic E-state index is 0.0894. The van der Waals surface area contributed by atoms with Gasteiger partial charge in [-0.3, -0.25) is 8.74 Å². The molecule has 0 rings (SSSR count). The molecule has 0 aromatic rings. The molecule has 0 aliphatic heterocycles. The SMILES string of the molecule is CCCCCCCCCC(CC)C(CO)(NC)C(CC)CCCCCCCCC.COS(=O)(=O)O. The first-order chi connectivity index (χ1) is 16.7. The van der Waals surface area contributed by atoms with Crippen LogP contribution in [0.2, 0.25) is 0 Å². The van der Waals surface area contributed by atoms with Gasteiger partial charge in [0.15, 0.2) is 0 Å². The van der Waals surface area contributed by atoms with Crippen LogP contribution in [0, 0.1) is 11.8 Å². The Balaban J connectivity index is 0. The largest absolute Gasteiger partial charge is 0.397 e. The molecule has 0 aromatic heterocycles. The number of aliphatic hydroxyl groups is 1. The molecule has 0 aliphatic carbocycles. The highest BCUT2D eigenvalue weighted by Crippen LogP contribution is 2.37. The summed E-state index contributed by atoms with van der Waals surface area (Å²) in [6.07, 6.45) is 24.1. The smallest absolute Gasteiger partial charge is 0.394 e. The molecule has 0 amide bonds. The summed E-state index contributed by atoms with van der Waals surface area (Å²) in [5.74, 6) is 1.17. The van der Waals surface area contributed by atoms with Gasteiger partial charge in [-0.25, -0.2) is 0 Å². The van der Waals surface area contributed by atoms with Crippen molar-refractivity contribution < 1.29 is 22.3 Å². The van der Waals surface area contributed by atoms with E-state index in [-0.39, 0.29) is 12.1 Å². The number of rotatable bonds is 23. The molecule has 214 valence electrons. The third kappa shape index (κ3) is 18.7. The molecule has 0 heterocycles. The van der Waals surface area contributed by atoms with Crippen LogP contribution in [0.3, 0.4) is 0 Å². The number of hydrogen-bond acceptors (Lipinski definition) is 5. The van der Waals surface area contributed by atoms with E-state index in [0.29, 0.717) is 11.8 Å². The van der Waals surface area contributed by atoms with E-state index >= 15 is 0 Å². The zero-order valence-corrected chi connectivity index (χ0v) is 24.9. The van der Waals surface area contributed by atoms with E-state index in [4.69, 9.17) is 4.55 Å². The fourth-order valence-corrected chi connectivity index (χ4v) is 5.43. The van der Waals surface area contributed by atoms with Gasteiger partial charge in [0.25, 0.3) is 0 Å². The van der Waals surface area contributed by atoms with Crippen molar-refractivity contribution in [2.24, 2.45) is 11.8 Å². The summed E-state index contributed by atoms with van der Waals surface area (Å²) in [6.45, 7) is 9.51. The van der Waals surface area contributed by atoms with Gasteiger partial charge in [-0.05, 0) is 31.7 Å². The quantitative estimate of drug-likeness (QED) is 0.0937. The molecule has 6 nitrogen and oxygen atoms in total. The van der Waals surface area contributed by atoms with Gasteiger partial charge < -0.3 is 10.4 Å².